The Morgan fingerprint density at radius 2 is 2.25 bits per heavy atom. The number of primary amides is 1. The molecule has 8 nitrogen and oxygen atoms in total. The highest BCUT2D eigenvalue weighted by molar-refractivity contribution is 5.88. The lowest BCUT2D eigenvalue weighted by Gasteiger charge is -2.23. The Hall–Kier alpha value is -2.61. The summed E-state index contributed by atoms with van der Waals surface area (Å²) in [6.07, 6.45) is 1.89. The molecule has 8 heteroatoms. The lowest BCUT2D eigenvalue weighted by atomic mass is 10.1. The van der Waals surface area contributed by atoms with E-state index >= 15 is 0 Å². The normalized spacial score (nSPS) is 17.8. The van der Waals surface area contributed by atoms with Crippen LogP contribution in [0.3, 0.4) is 0 Å². The number of methoxy groups -OCH3 is 2. The number of para-hydroxylation sites is 1. The van der Waals surface area contributed by atoms with Crippen molar-refractivity contribution in [2.24, 2.45) is 5.73 Å². The predicted molar refractivity (Wildman–Crippen MR) is 84.7 cm³/mol. The summed E-state index contributed by atoms with van der Waals surface area (Å²) >= 11 is 0. The van der Waals surface area contributed by atoms with Crippen LogP contribution in [0.15, 0.2) is 22.7 Å². The summed E-state index contributed by atoms with van der Waals surface area (Å²) in [6.45, 7) is 1.54. The second-order valence-corrected chi connectivity index (χ2v) is 5.60. The maximum Gasteiger partial charge on any atom is 0.290 e. The highest BCUT2D eigenvalue weighted by Gasteiger charge is 2.32. The van der Waals surface area contributed by atoms with Crippen LogP contribution in [0.2, 0.25) is 0 Å². The van der Waals surface area contributed by atoms with Gasteiger partial charge in [0.15, 0.2) is 11.5 Å². The molecule has 0 saturated carbocycles. The van der Waals surface area contributed by atoms with Gasteiger partial charge in [-0.15, -0.1) is 0 Å². The van der Waals surface area contributed by atoms with Gasteiger partial charge in [-0.3, -0.25) is 9.69 Å². The zero-order valence-corrected chi connectivity index (χ0v) is 13.7. The van der Waals surface area contributed by atoms with Crippen molar-refractivity contribution < 1.29 is 18.8 Å². The van der Waals surface area contributed by atoms with Crippen LogP contribution in [0.4, 0.5) is 0 Å². The Bertz CT molecular complexity index is 731. The number of rotatable bonds is 6. The minimum Gasteiger partial charge on any atom is -0.493 e. The maximum absolute atomic E-state index is 11.1. The van der Waals surface area contributed by atoms with Gasteiger partial charge in [0.05, 0.1) is 20.3 Å². The zero-order valence-electron chi connectivity index (χ0n) is 13.7. The molecule has 1 aromatic heterocycles. The van der Waals surface area contributed by atoms with Crippen LogP contribution in [-0.4, -0.2) is 41.7 Å². The third-order valence-corrected chi connectivity index (χ3v) is 4.17. The number of hydrogen-bond donors (Lipinski definition) is 1. The first-order valence-corrected chi connectivity index (χ1v) is 7.71. The molecule has 1 atom stereocenters. The van der Waals surface area contributed by atoms with Crippen molar-refractivity contribution in [2.75, 3.05) is 20.8 Å². The average Bonchev–Trinajstić information content (AvgIpc) is 3.23. The Labute approximate surface area is 139 Å². The first-order valence-electron chi connectivity index (χ1n) is 7.71. The van der Waals surface area contributed by atoms with Gasteiger partial charge in [0.25, 0.3) is 11.7 Å². The van der Waals surface area contributed by atoms with Crippen LogP contribution in [0.25, 0.3) is 0 Å². The van der Waals surface area contributed by atoms with Gasteiger partial charge < -0.3 is 19.7 Å². The summed E-state index contributed by atoms with van der Waals surface area (Å²) in [5, 5.41) is 3.63. The van der Waals surface area contributed by atoms with Crippen molar-refractivity contribution >= 4 is 5.91 Å². The summed E-state index contributed by atoms with van der Waals surface area (Å²) in [7, 11) is 3.24. The van der Waals surface area contributed by atoms with Crippen LogP contribution < -0.4 is 15.2 Å². The SMILES string of the molecule is COc1cccc(CN2CCC[C@H]2c2nc(C(N)=O)no2)c1OC. The molecule has 1 aliphatic heterocycles. The molecule has 2 heterocycles. The van der Waals surface area contributed by atoms with Crippen LogP contribution in [0, 0.1) is 0 Å². The Balaban J connectivity index is 1.82. The zero-order chi connectivity index (χ0) is 17.1. The molecule has 1 aliphatic rings. The molecule has 0 spiro atoms. The van der Waals surface area contributed by atoms with Gasteiger partial charge in [0.2, 0.25) is 5.89 Å². The average molecular weight is 332 g/mol. The van der Waals surface area contributed by atoms with Gasteiger partial charge in [-0.2, -0.15) is 4.98 Å². The molecule has 1 saturated heterocycles. The molecule has 0 unspecified atom stereocenters. The Morgan fingerprint density at radius 3 is 2.92 bits per heavy atom. The Kier molecular flexibility index (Phi) is 4.66. The summed E-state index contributed by atoms with van der Waals surface area (Å²) in [5.41, 5.74) is 6.20. The highest BCUT2D eigenvalue weighted by Crippen LogP contribution is 2.36. The van der Waals surface area contributed by atoms with E-state index in [9.17, 15) is 4.79 Å². The first kappa shape index (κ1) is 16.3. The van der Waals surface area contributed by atoms with Gasteiger partial charge in [0, 0.05) is 12.1 Å². The molecule has 0 bridgehead atoms. The molecular weight excluding hydrogens is 312 g/mol. The number of amides is 1. The summed E-state index contributed by atoms with van der Waals surface area (Å²) in [4.78, 5) is 17.5. The van der Waals surface area contributed by atoms with E-state index in [-0.39, 0.29) is 11.9 Å². The van der Waals surface area contributed by atoms with Crippen molar-refractivity contribution in [1.29, 1.82) is 0 Å². The van der Waals surface area contributed by atoms with Gasteiger partial charge >= 0.3 is 0 Å². The molecule has 2 aromatic rings. The standard InChI is InChI=1S/C16H20N4O4/c1-22-12-7-3-5-10(13(12)23-2)9-20-8-4-6-11(20)16-18-15(14(17)21)19-24-16/h3,5,7,11H,4,6,8-9H2,1-2H3,(H2,17,21)/t11-/m0/s1. The van der Waals surface area contributed by atoms with Gasteiger partial charge in [-0.05, 0) is 25.5 Å². The van der Waals surface area contributed by atoms with Gasteiger partial charge in [0.1, 0.15) is 0 Å². The van der Waals surface area contributed by atoms with Crippen LogP contribution in [0.1, 0.15) is 41.0 Å². The number of carbonyl (C=O) groups is 1. The molecule has 1 fully saturated rings. The van der Waals surface area contributed by atoms with Gasteiger partial charge in [-0.25, -0.2) is 0 Å². The monoisotopic (exact) mass is 332 g/mol. The fourth-order valence-electron chi connectivity index (χ4n) is 3.06. The van der Waals surface area contributed by atoms with E-state index < -0.39 is 5.91 Å². The van der Waals surface area contributed by atoms with Crippen LogP contribution >= 0.6 is 0 Å². The minimum atomic E-state index is -0.691. The molecule has 0 aliphatic carbocycles. The van der Waals surface area contributed by atoms with E-state index in [1.807, 2.05) is 18.2 Å². The van der Waals surface area contributed by atoms with E-state index in [0.29, 0.717) is 23.9 Å². The molecule has 128 valence electrons. The van der Waals surface area contributed by atoms with E-state index in [2.05, 4.69) is 15.0 Å². The third-order valence-electron chi connectivity index (χ3n) is 4.17. The number of ether oxygens (including phenoxy) is 2. The highest BCUT2D eigenvalue weighted by atomic mass is 16.5. The molecule has 2 N–H and O–H groups in total. The maximum atomic E-state index is 11.1. The lowest BCUT2D eigenvalue weighted by molar-refractivity contribution is 0.0987. The number of nitrogens with zero attached hydrogens (tertiary/aromatic N) is 3. The molecule has 1 aromatic carbocycles. The molecular formula is C16H20N4O4. The number of nitrogens with two attached hydrogens (primary N) is 1. The quantitative estimate of drug-likeness (QED) is 0.855. The van der Waals surface area contributed by atoms with Crippen molar-refractivity contribution in [3.05, 3.63) is 35.5 Å². The second-order valence-electron chi connectivity index (χ2n) is 5.60. The lowest BCUT2D eigenvalue weighted by Crippen LogP contribution is -2.23. The smallest absolute Gasteiger partial charge is 0.290 e. The third kappa shape index (κ3) is 3.05. The molecule has 1 amide bonds. The summed E-state index contributed by atoms with van der Waals surface area (Å²) < 4.78 is 16.1. The number of benzene rings is 1. The van der Waals surface area contributed by atoms with E-state index in [1.54, 1.807) is 14.2 Å². The number of aromatic nitrogens is 2. The van der Waals surface area contributed by atoms with E-state index in [0.717, 1.165) is 24.9 Å². The van der Waals surface area contributed by atoms with Crippen molar-refractivity contribution in [3.63, 3.8) is 0 Å². The summed E-state index contributed by atoms with van der Waals surface area (Å²) in [5.74, 6) is 1.05. The molecule has 3 rings (SSSR count). The number of likely N-dealkylation sites (tertiary alicyclic amines) is 1. The van der Waals surface area contributed by atoms with Crippen molar-refractivity contribution in [1.82, 2.24) is 15.0 Å². The first-order chi connectivity index (χ1) is 11.6. The minimum absolute atomic E-state index is 0.0403. The number of carbonyl (C=O) groups excluding carboxylic acids is 1. The van der Waals surface area contributed by atoms with Crippen molar-refractivity contribution in [3.8, 4) is 11.5 Å². The largest absolute Gasteiger partial charge is 0.493 e. The topological polar surface area (TPSA) is 104 Å². The van der Waals surface area contributed by atoms with Gasteiger partial charge in [-0.1, -0.05) is 17.3 Å². The predicted octanol–water partition coefficient (Wildman–Crippen LogP) is 1.52. The van der Waals surface area contributed by atoms with Crippen LogP contribution in [-0.2, 0) is 6.54 Å². The van der Waals surface area contributed by atoms with Crippen LogP contribution in [0.5, 0.6) is 11.5 Å². The second kappa shape index (κ2) is 6.88. The fraction of sp³-hybridized carbons (Fsp3) is 0.438. The van der Waals surface area contributed by atoms with Crippen molar-refractivity contribution in [2.45, 2.75) is 25.4 Å². The Morgan fingerprint density at radius 1 is 1.42 bits per heavy atom. The molecule has 24 heavy (non-hydrogen) atoms. The molecule has 0 radical (unpaired) electrons. The fourth-order valence-corrected chi connectivity index (χ4v) is 3.06. The number of hydrogen-bond acceptors (Lipinski definition) is 7. The van der Waals surface area contributed by atoms with E-state index in [1.165, 1.54) is 0 Å². The summed E-state index contributed by atoms with van der Waals surface area (Å²) in [6, 6.07) is 5.75. The van der Waals surface area contributed by atoms with E-state index in [4.69, 9.17) is 19.7 Å².